The van der Waals surface area contributed by atoms with E-state index in [0.717, 1.165) is 43.1 Å². The normalized spacial score (nSPS) is 12.1. The third kappa shape index (κ3) is 10.9. The lowest BCUT2D eigenvalue weighted by Gasteiger charge is -2.16. The average Bonchev–Trinajstić information content (AvgIpc) is 2.72. The summed E-state index contributed by atoms with van der Waals surface area (Å²) in [4.78, 5) is 0. The Balaban J connectivity index is 2.47. The molecule has 1 unspecified atom stereocenters. The van der Waals surface area contributed by atoms with Gasteiger partial charge >= 0.3 is 0 Å². The molecular weight excluding hydrogens is 348 g/mol. The highest BCUT2D eigenvalue weighted by Crippen LogP contribution is 2.30. The Bertz CT molecular complexity index is 493. The fourth-order valence-corrected chi connectivity index (χ4v) is 3.25. The summed E-state index contributed by atoms with van der Waals surface area (Å²) in [5.41, 5.74) is 12.8. The molecule has 0 spiro atoms. The molecule has 0 aromatic heterocycles. The van der Waals surface area contributed by atoms with Gasteiger partial charge in [0.05, 0.1) is 13.2 Å². The summed E-state index contributed by atoms with van der Waals surface area (Å²) in [6.07, 6.45) is 15.1. The van der Waals surface area contributed by atoms with Crippen molar-refractivity contribution in [1.82, 2.24) is 0 Å². The zero-order chi connectivity index (χ0) is 20.5. The van der Waals surface area contributed by atoms with Gasteiger partial charge in [0.1, 0.15) is 0 Å². The van der Waals surface area contributed by atoms with Gasteiger partial charge in [-0.2, -0.15) is 0 Å². The molecule has 0 aliphatic carbocycles. The minimum absolute atomic E-state index is 0.163. The van der Waals surface area contributed by atoms with E-state index in [9.17, 15) is 0 Å². The summed E-state index contributed by atoms with van der Waals surface area (Å²) >= 11 is 0. The number of benzene rings is 1. The summed E-state index contributed by atoms with van der Waals surface area (Å²) in [6, 6.07) is 5.83. The molecule has 0 bridgehead atoms. The van der Waals surface area contributed by atoms with Crippen molar-refractivity contribution in [3.63, 3.8) is 0 Å². The van der Waals surface area contributed by atoms with Gasteiger partial charge in [0.15, 0.2) is 11.5 Å². The molecule has 0 heterocycles. The van der Waals surface area contributed by atoms with E-state index in [1.54, 1.807) is 0 Å². The van der Waals surface area contributed by atoms with Crippen LogP contribution in [0.15, 0.2) is 18.2 Å². The van der Waals surface area contributed by atoms with Gasteiger partial charge in [-0.15, -0.1) is 0 Å². The van der Waals surface area contributed by atoms with Crippen LogP contribution < -0.4 is 20.9 Å². The second kappa shape index (κ2) is 16.7. The van der Waals surface area contributed by atoms with Crippen LogP contribution >= 0.6 is 0 Å². The lowest BCUT2D eigenvalue weighted by atomic mass is 10.1. The standard InChI is InChI=1S/C24H44N2O2/c1-3-5-7-9-11-13-17-27-23-16-15-21(22(26)20-25)19-24(23)28-18-14-12-10-8-6-4-2/h15-16,19,22H,3-14,17-18,20,25-26H2,1-2H3. The highest BCUT2D eigenvalue weighted by molar-refractivity contribution is 5.44. The Morgan fingerprint density at radius 2 is 1.21 bits per heavy atom. The third-order valence-electron chi connectivity index (χ3n) is 5.16. The van der Waals surface area contributed by atoms with Crippen LogP contribution in [-0.4, -0.2) is 19.8 Å². The van der Waals surface area contributed by atoms with Gasteiger partial charge in [0.25, 0.3) is 0 Å². The fraction of sp³-hybridized carbons (Fsp3) is 0.750. The minimum Gasteiger partial charge on any atom is -0.490 e. The quantitative estimate of drug-likeness (QED) is 0.295. The largest absolute Gasteiger partial charge is 0.490 e. The van der Waals surface area contributed by atoms with E-state index < -0.39 is 0 Å². The molecule has 0 fully saturated rings. The summed E-state index contributed by atoms with van der Waals surface area (Å²) in [5.74, 6) is 1.63. The van der Waals surface area contributed by atoms with Crippen molar-refractivity contribution in [2.24, 2.45) is 11.5 Å². The Morgan fingerprint density at radius 1 is 0.714 bits per heavy atom. The molecule has 0 saturated heterocycles. The molecule has 0 saturated carbocycles. The summed E-state index contributed by atoms with van der Waals surface area (Å²) in [6.45, 7) is 6.38. The van der Waals surface area contributed by atoms with E-state index in [1.165, 1.54) is 64.2 Å². The van der Waals surface area contributed by atoms with Crippen molar-refractivity contribution in [2.75, 3.05) is 19.8 Å². The predicted octanol–water partition coefficient (Wildman–Crippen LogP) is 6.12. The van der Waals surface area contributed by atoms with Gasteiger partial charge in [-0.3, -0.25) is 0 Å². The first kappa shape index (κ1) is 24.8. The second-order valence-electron chi connectivity index (χ2n) is 7.78. The van der Waals surface area contributed by atoms with E-state index in [-0.39, 0.29) is 6.04 Å². The van der Waals surface area contributed by atoms with E-state index in [1.807, 2.05) is 18.2 Å². The topological polar surface area (TPSA) is 70.5 Å². The molecule has 0 aliphatic heterocycles. The van der Waals surface area contributed by atoms with E-state index in [2.05, 4.69) is 13.8 Å². The summed E-state index contributed by atoms with van der Waals surface area (Å²) in [7, 11) is 0. The van der Waals surface area contributed by atoms with Gasteiger partial charge < -0.3 is 20.9 Å². The van der Waals surface area contributed by atoms with Gasteiger partial charge in [0, 0.05) is 12.6 Å². The lowest BCUT2D eigenvalue weighted by molar-refractivity contribution is 0.258. The van der Waals surface area contributed by atoms with Crippen molar-refractivity contribution in [3.8, 4) is 11.5 Å². The molecule has 162 valence electrons. The summed E-state index contributed by atoms with van der Waals surface area (Å²) in [5, 5.41) is 0. The van der Waals surface area contributed by atoms with Crippen LogP contribution in [0.1, 0.15) is 103 Å². The van der Waals surface area contributed by atoms with E-state index >= 15 is 0 Å². The van der Waals surface area contributed by atoms with Crippen molar-refractivity contribution in [2.45, 2.75) is 96.9 Å². The predicted molar refractivity (Wildman–Crippen MR) is 120 cm³/mol. The zero-order valence-corrected chi connectivity index (χ0v) is 18.4. The molecule has 1 atom stereocenters. The van der Waals surface area contributed by atoms with Crippen molar-refractivity contribution < 1.29 is 9.47 Å². The molecule has 0 amide bonds. The molecular formula is C24H44N2O2. The maximum atomic E-state index is 6.09. The number of unbranched alkanes of at least 4 members (excludes halogenated alkanes) is 10. The maximum absolute atomic E-state index is 6.09. The maximum Gasteiger partial charge on any atom is 0.161 e. The molecule has 1 aromatic carbocycles. The van der Waals surface area contributed by atoms with Crippen molar-refractivity contribution in [1.29, 1.82) is 0 Å². The monoisotopic (exact) mass is 392 g/mol. The lowest BCUT2D eigenvalue weighted by Crippen LogP contribution is -2.20. The van der Waals surface area contributed by atoms with E-state index in [4.69, 9.17) is 20.9 Å². The van der Waals surface area contributed by atoms with Gasteiger partial charge in [-0.1, -0.05) is 84.1 Å². The fourth-order valence-electron chi connectivity index (χ4n) is 3.25. The molecule has 4 heteroatoms. The SMILES string of the molecule is CCCCCCCCOc1ccc(C(N)CN)cc1OCCCCCCCC. The van der Waals surface area contributed by atoms with Gasteiger partial charge in [-0.05, 0) is 30.5 Å². The number of rotatable bonds is 18. The molecule has 4 N–H and O–H groups in total. The third-order valence-corrected chi connectivity index (χ3v) is 5.16. The van der Waals surface area contributed by atoms with Crippen LogP contribution in [0.4, 0.5) is 0 Å². The van der Waals surface area contributed by atoms with Crippen LogP contribution in [0.5, 0.6) is 11.5 Å². The number of hydrogen-bond acceptors (Lipinski definition) is 4. The molecule has 1 rings (SSSR count). The van der Waals surface area contributed by atoms with Gasteiger partial charge in [-0.25, -0.2) is 0 Å². The molecule has 1 aromatic rings. The first-order valence-corrected chi connectivity index (χ1v) is 11.6. The van der Waals surface area contributed by atoms with Crippen LogP contribution in [0.3, 0.4) is 0 Å². The van der Waals surface area contributed by atoms with Crippen LogP contribution in [0.2, 0.25) is 0 Å². The smallest absolute Gasteiger partial charge is 0.161 e. The van der Waals surface area contributed by atoms with Crippen molar-refractivity contribution >= 4 is 0 Å². The Kier molecular flexibility index (Phi) is 14.8. The first-order valence-electron chi connectivity index (χ1n) is 11.6. The zero-order valence-electron chi connectivity index (χ0n) is 18.4. The first-order chi connectivity index (χ1) is 13.7. The average molecular weight is 393 g/mol. The Labute approximate surface area is 173 Å². The van der Waals surface area contributed by atoms with Crippen LogP contribution in [0.25, 0.3) is 0 Å². The van der Waals surface area contributed by atoms with Crippen molar-refractivity contribution in [3.05, 3.63) is 23.8 Å². The Morgan fingerprint density at radius 3 is 1.75 bits per heavy atom. The molecule has 0 aliphatic rings. The van der Waals surface area contributed by atoms with Crippen LogP contribution in [0, 0.1) is 0 Å². The Hall–Kier alpha value is -1.26. The second-order valence-corrected chi connectivity index (χ2v) is 7.78. The van der Waals surface area contributed by atoms with E-state index in [0.29, 0.717) is 6.54 Å². The van der Waals surface area contributed by atoms with Gasteiger partial charge in [0.2, 0.25) is 0 Å². The molecule has 28 heavy (non-hydrogen) atoms. The number of ether oxygens (including phenoxy) is 2. The summed E-state index contributed by atoms with van der Waals surface area (Å²) < 4.78 is 12.1. The number of hydrogen-bond donors (Lipinski definition) is 2. The highest BCUT2D eigenvalue weighted by Gasteiger charge is 2.11. The highest BCUT2D eigenvalue weighted by atomic mass is 16.5. The molecule has 0 radical (unpaired) electrons. The van der Waals surface area contributed by atoms with Crippen LogP contribution in [-0.2, 0) is 0 Å². The minimum atomic E-state index is -0.163. The molecule has 4 nitrogen and oxygen atoms in total. The number of nitrogens with two attached hydrogens (primary N) is 2.